The van der Waals surface area contributed by atoms with Gasteiger partial charge >= 0.3 is 12.0 Å². The summed E-state index contributed by atoms with van der Waals surface area (Å²) < 4.78 is 0. The standard InChI is InChI=1S/C12H15ClN2O4/c13-9-1-3-10(4-2-9)15-12(19)14-6-8(7-16)5-11(17)18/h1-4,8,16H,5-7H2,(H,17,18)(H2,14,15,19). The predicted octanol–water partition coefficient (Wildman–Crippen LogP) is 1.54. The minimum absolute atomic E-state index is 0.0855. The van der Waals surface area contributed by atoms with E-state index in [2.05, 4.69) is 10.6 Å². The van der Waals surface area contributed by atoms with Crippen LogP contribution in [0.2, 0.25) is 5.02 Å². The average Bonchev–Trinajstić information content (AvgIpc) is 2.37. The Morgan fingerprint density at radius 1 is 1.26 bits per heavy atom. The largest absolute Gasteiger partial charge is 0.481 e. The van der Waals surface area contributed by atoms with Crippen LogP contribution in [0.3, 0.4) is 0 Å². The molecule has 0 aromatic heterocycles. The van der Waals surface area contributed by atoms with Gasteiger partial charge in [-0.3, -0.25) is 4.79 Å². The van der Waals surface area contributed by atoms with Crippen LogP contribution in [-0.2, 0) is 4.79 Å². The fraction of sp³-hybridized carbons (Fsp3) is 0.333. The summed E-state index contributed by atoms with van der Waals surface area (Å²) in [5.74, 6) is -1.52. The van der Waals surface area contributed by atoms with Crippen molar-refractivity contribution < 1.29 is 19.8 Å². The molecule has 0 aliphatic carbocycles. The van der Waals surface area contributed by atoms with Gasteiger partial charge in [0, 0.05) is 29.8 Å². The van der Waals surface area contributed by atoms with Crippen LogP contribution in [0.1, 0.15) is 6.42 Å². The van der Waals surface area contributed by atoms with Crippen LogP contribution in [0.15, 0.2) is 24.3 Å². The summed E-state index contributed by atoms with van der Waals surface area (Å²) in [5.41, 5.74) is 0.570. The number of benzene rings is 1. The zero-order chi connectivity index (χ0) is 14.3. The lowest BCUT2D eigenvalue weighted by Crippen LogP contribution is -2.35. The Hall–Kier alpha value is -1.79. The molecule has 1 rings (SSSR count). The molecular formula is C12H15ClN2O4. The van der Waals surface area contributed by atoms with E-state index in [-0.39, 0.29) is 19.6 Å². The topological polar surface area (TPSA) is 98.7 Å². The second kappa shape index (κ2) is 7.60. The van der Waals surface area contributed by atoms with E-state index in [1.165, 1.54) is 0 Å². The van der Waals surface area contributed by atoms with Crippen LogP contribution in [0.5, 0.6) is 0 Å². The summed E-state index contributed by atoms with van der Waals surface area (Å²) in [5, 5.41) is 23.2. The quantitative estimate of drug-likeness (QED) is 0.637. The number of amides is 2. The number of aliphatic hydroxyl groups excluding tert-OH is 1. The van der Waals surface area contributed by atoms with Crippen molar-refractivity contribution in [1.82, 2.24) is 5.32 Å². The number of urea groups is 1. The molecule has 1 aromatic carbocycles. The Balaban J connectivity index is 2.38. The Kier molecular flexibility index (Phi) is 6.11. The van der Waals surface area contributed by atoms with E-state index in [0.29, 0.717) is 10.7 Å². The molecule has 1 atom stereocenters. The molecule has 0 radical (unpaired) electrons. The highest BCUT2D eigenvalue weighted by atomic mass is 35.5. The number of anilines is 1. The van der Waals surface area contributed by atoms with Crippen LogP contribution in [-0.4, -0.2) is 35.4 Å². The van der Waals surface area contributed by atoms with Gasteiger partial charge < -0.3 is 20.8 Å². The van der Waals surface area contributed by atoms with Gasteiger partial charge in [0.15, 0.2) is 0 Å². The number of aliphatic hydroxyl groups is 1. The van der Waals surface area contributed by atoms with Gasteiger partial charge in [-0.1, -0.05) is 11.6 Å². The van der Waals surface area contributed by atoms with Crippen molar-refractivity contribution in [3.05, 3.63) is 29.3 Å². The maximum atomic E-state index is 11.5. The predicted molar refractivity (Wildman–Crippen MR) is 71.3 cm³/mol. The maximum Gasteiger partial charge on any atom is 0.319 e. The molecule has 0 saturated carbocycles. The first-order valence-corrected chi connectivity index (χ1v) is 6.02. The summed E-state index contributed by atoms with van der Waals surface area (Å²) in [6.07, 6.45) is -0.197. The minimum atomic E-state index is -1.01. The van der Waals surface area contributed by atoms with Crippen molar-refractivity contribution in [3.63, 3.8) is 0 Å². The van der Waals surface area contributed by atoms with E-state index >= 15 is 0 Å². The molecule has 0 aliphatic rings. The van der Waals surface area contributed by atoms with Crippen LogP contribution < -0.4 is 10.6 Å². The number of rotatable bonds is 6. The van der Waals surface area contributed by atoms with Crippen molar-refractivity contribution in [1.29, 1.82) is 0 Å². The van der Waals surface area contributed by atoms with Crippen LogP contribution in [0.4, 0.5) is 10.5 Å². The lowest BCUT2D eigenvalue weighted by Gasteiger charge is -2.13. The maximum absolute atomic E-state index is 11.5. The first-order chi connectivity index (χ1) is 9.01. The van der Waals surface area contributed by atoms with Gasteiger partial charge in [-0.05, 0) is 24.3 Å². The summed E-state index contributed by atoms with van der Waals surface area (Å²) in [4.78, 5) is 22.0. The van der Waals surface area contributed by atoms with Gasteiger partial charge in [0.05, 0.1) is 6.42 Å². The fourth-order valence-electron chi connectivity index (χ4n) is 1.39. The van der Waals surface area contributed by atoms with Gasteiger partial charge in [-0.25, -0.2) is 4.79 Å². The normalized spacial score (nSPS) is 11.7. The Morgan fingerprint density at radius 2 is 1.89 bits per heavy atom. The van der Waals surface area contributed by atoms with Gasteiger partial charge in [0.2, 0.25) is 0 Å². The van der Waals surface area contributed by atoms with E-state index in [1.807, 2.05) is 0 Å². The summed E-state index contributed by atoms with van der Waals surface area (Å²) in [6, 6.07) is 6.09. The molecule has 1 aromatic rings. The number of aliphatic carboxylic acids is 1. The molecule has 7 heteroatoms. The zero-order valence-electron chi connectivity index (χ0n) is 10.1. The Bertz CT molecular complexity index is 436. The number of hydrogen-bond donors (Lipinski definition) is 4. The third kappa shape index (κ3) is 6.08. The second-order valence-electron chi connectivity index (χ2n) is 3.99. The SMILES string of the molecule is O=C(O)CC(CO)CNC(=O)Nc1ccc(Cl)cc1. The molecule has 0 fully saturated rings. The van der Waals surface area contributed by atoms with Crippen molar-refractivity contribution in [2.45, 2.75) is 6.42 Å². The van der Waals surface area contributed by atoms with Gasteiger partial charge in [0.25, 0.3) is 0 Å². The van der Waals surface area contributed by atoms with Crippen molar-refractivity contribution >= 4 is 29.3 Å². The van der Waals surface area contributed by atoms with Gasteiger partial charge in [0.1, 0.15) is 0 Å². The number of halogens is 1. The van der Waals surface area contributed by atoms with Crippen molar-refractivity contribution in [2.75, 3.05) is 18.5 Å². The number of carboxylic acid groups (broad SMARTS) is 1. The minimum Gasteiger partial charge on any atom is -0.481 e. The number of hydrogen-bond acceptors (Lipinski definition) is 3. The molecule has 0 heterocycles. The fourth-order valence-corrected chi connectivity index (χ4v) is 1.52. The molecular weight excluding hydrogens is 272 g/mol. The lowest BCUT2D eigenvalue weighted by molar-refractivity contribution is -0.138. The first-order valence-electron chi connectivity index (χ1n) is 5.64. The average molecular weight is 287 g/mol. The molecule has 1 unspecified atom stereocenters. The van der Waals surface area contributed by atoms with Crippen molar-refractivity contribution in [3.8, 4) is 0 Å². The third-order valence-corrected chi connectivity index (χ3v) is 2.63. The number of nitrogens with one attached hydrogen (secondary N) is 2. The lowest BCUT2D eigenvalue weighted by atomic mass is 10.1. The van der Waals surface area contributed by atoms with Crippen molar-refractivity contribution in [2.24, 2.45) is 5.92 Å². The number of carbonyl (C=O) groups excluding carboxylic acids is 1. The molecule has 104 valence electrons. The molecule has 19 heavy (non-hydrogen) atoms. The molecule has 4 N–H and O–H groups in total. The smallest absolute Gasteiger partial charge is 0.319 e. The van der Waals surface area contributed by atoms with E-state index in [1.54, 1.807) is 24.3 Å². The van der Waals surface area contributed by atoms with Crippen LogP contribution in [0.25, 0.3) is 0 Å². The molecule has 2 amide bonds. The first kappa shape index (κ1) is 15.3. The van der Waals surface area contributed by atoms with E-state index in [9.17, 15) is 9.59 Å². The molecule has 0 bridgehead atoms. The van der Waals surface area contributed by atoms with Crippen LogP contribution >= 0.6 is 11.6 Å². The summed E-state index contributed by atoms with van der Waals surface area (Å²) >= 11 is 5.71. The van der Waals surface area contributed by atoms with Gasteiger partial charge in [-0.2, -0.15) is 0 Å². The molecule has 0 aliphatic heterocycles. The number of carboxylic acids is 1. The Morgan fingerprint density at radius 3 is 2.42 bits per heavy atom. The molecule has 0 saturated heterocycles. The monoisotopic (exact) mass is 286 g/mol. The number of carbonyl (C=O) groups is 2. The zero-order valence-corrected chi connectivity index (χ0v) is 10.9. The van der Waals surface area contributed by atoms with Gasteiger partial charge in [-0.15, -0.1) is 0 Å². The highest BCUT2D eigenvalue weighted by Crippen LogP contribution is 2.13. The highest BCUT2D eigenvalue weighted by Gasteiger charge is 2.13. The molecule has 0 spiro atoms. The summed E-state index contributed by atoms with van der Waals surface area (Å²) in [7, 11) is 0. The second-order valence-corrected chi connectivity index (χ2v) is 4.42. The Labute approximate surface area is 115 Å². The molecule has 6 nitrogen and oxygen atoms in total. The van der Waals surface area contributed by atoms with E-state index in [0.717, 1.165) is 0 Å². The van der Waals surface area contributed by atoms with E-state index in [4.69, 9.17) is 21.8 Å². The third-order valence-electron chi connectivity index (χ3n) is 2.37. The summed E-state index contributed by atoms with van der Waals surface area (Å²) in [6.45, 7) is -0.213. The van der Waals surface area contributed by atoms with E-state index < -0.39 is 17.9 Å². The highest BCUT2D eigenvalue weighted by molar-refractivity contribution is 6.30. The van der Waals surface area contributed by atoms with Crippen LogP contribution in [0, 0.1) is 5.92 Å².